The van der Waals surface area contributed by atoms with Crippen LogP contribution in [0.2, 0.25) is 0 Å². The van der Waals surface area contributed by atoms with Crippen LogP contribution in [-0.4, -0.2) is 60.3 Å². The fraction of sp³-hybridized carbons (Fsp3) is 0.400. The third kappa shape index (κ3) is 2.42. The first-order valence-electron chi connectivity index (χ1n) is 7.68. The van der Waals surface area contributed by atoms with Crippen molar-refractivity contribution in [2.24, 2.45) is 14.1 Å². The van der Waals surface area contributed by atoms with Crippen molar-refractivity contribution < 1.29 is 9.53 Å². The number of carbonyl (C=O) groups excluding carboxylic acids is 1. The van der Waals surface area contributed by atoms with Crippen molar-refractivity contribution in [1.82, 2.24) is 34.7 Å². The normalized spacial score (nSPS) is 18.2. The second-order valence-corrected chi connectivity index (χ2v) is 5.81. The molecular formula is C15H17N7O2. The number of carbonyl (C=O) groups is 1. The molecule has 1 aliphatic rings. The minimum Gasteiger partial charge on any atom is -0.366 e. The van der Waals surface area contributed by atoms with Gasteiger partial charge in [-0.3, -0.25) is 4.79 Å². The van der Waals surface area contributed by atoms with E-state index in [1.165, 1.54) is 0 Å². The van der Waals surface area contributed by atoms with Crippen molar-refractivity contribution in [3.63, 3.8) is 0 Å². The van der Waals surface area contributed by atoms with Gasteiger partial charge >= 0.3 is 0 Å². The molecule has 0 spiro atoms. The molecule has 1 amide bonds. The lowest BCUT2D eigenvalue weighted by Gasteiger charge is -2.31. The highest BCUT2D eigenvalue weighted by Gasteiger charge is 2.29. The minimum atomic E-state index is -0.332. The Balaban J connectivity index is 1.58. The molecule has 1 fully saturated rings. The maximum atomic E-state index is 12.8. The average Bonchev–Trinajstić information content (AvgIpc) is 3.20. The van der Waals surface area contributed by atoms with Crippen LogP contribution < -0.4 is 0 Å². The molecule has 0 N–H and O–H groups in total. The molecule has 0 saturated carbocycles. The van der Waals surface area contributed by atoms with E-state index >= 15 is 0 Å². The third-order valence-electron chi connectivity index (χ3n) is 4.23. The first-order valence-corrected chi connectivity index (χ1v) is 7.68. The van der Waals surface area contributed by atoms with Crippen molar-refractivity contribution >= 4 is 16.9 Å². The molecule has 0 aliphatic carbocycles. The highest BCUT2D eigenvalue weighted by Crippen LogP contribution is 2.21. The number of nitrogens with zero attached hydrogens (tertiary/aromatic N) is 7. The molecule has 24 heavy (non-hydrogen) atoms. The number of aromatic nitrogens is 6. The van der Waals surface area contributed by atoms with E-state index < -0.39 is 0 Å². The smallest absolute Gasteiger partial charge is 0.272 e. The summed E-state index contributed by atoms with van der Waals surface area (Å²) in [7, 11) is 3.67. The molecule has 9 heteroatoms. The molecule has 3 aromatic heterocycles. The summed E-state index contributed by atoms with van der Waals surface area (Å²) in [5.41, 5.74) is 1.23. The second kappa shape index (κ2) is 5.68. The van der Waals surface area contributed by atoms with Crippen molar-refractivity contribution in [3.05, 3.63) is 35.9 Å². The molecule has 1 atom stereocenters. The van der Waals surface area contributed by atoms with Crippen LogP contribution in [0.5, 0.6) is 0 Å². The fourth-order valence-electron chi connectivity index (χ4n) is 2.91. The van der Waals surface area contributed by atoms with Gasteiger partial charge in [0, 0.05) is 32.2 Å². The Morgan fingerprint density at radius 1 is 1.29 bits per heavy atom. The van der Waals surface area contributed by atoms with Gasteiger partial charge in [0.1, 0.15) is 17.4 Å². The van der Waals surface area contributed by atoms with Gasteiger partial charge in [0.15, 0.2) is 5.82 Å². The van der Waals surface area contributed by atoms with Crippen LogP contribution >= 0.6 is 0 Å². The van der Waals surface area contributed by atoms with Gasteiger partial charge in [0.2, 0.25) is 0 Å². The van der Waals surface area contributed by atoms with E-state index in [0.717, 1.165) is 11.0 Å². The molecule has 124 valence electrons. The van der Waals surface area contributed by atoms with Crippen LogP contribution in [0.25, 0.3) is 11.0 Å². The average molecular weight is 327 g/mol. The standard InChI is InChI=1S/C15H17N7O2/c1-20-6-5-10-3-4-11(16-13(10)20)15(23)22-7-8-24-12(9-22)14-17-18-19-21(14)2/h3-6,12H,7-9H2,1-2H3. The largest absolute Gasteiger partial charge is 0.366 e. The lowest BCUT2D eigenvalue weighted by molar-refractivity contribution is -0.0285. The molecule has 0 radical (unpaired) electrons. The first kappa shape index (κ1) is 14.8. The predicted molar refractivity (Wildman–Crippen MR) is 84.1 cm³/mol. The summed E-state index contributed by atoms with van der Waals surface area (Å²) in [6.45, 7) is 1.36. The van der Waals surface area contributed by atoms with Crippen LogP contribution in [-0.2, 0) is 18.8 Å². The molecule has 4 heterocycles. The number of hydrogen-bond donors (Lipinski definition) is 0. The van der Waals surface area contributed by atoms with E-state index in [2.05, 4.69) is 20.5 Å². The van der Waals surface area contributed by atoms with Gasteiger partial charge in [-0.05, 0) is 28.6 Å². The van der Waals surface area contributed by atoms with E-state index in [0.29, 0.717) is 31.2 Å². The Morgan fingerprint density at radius 2 is 2.17 bits per heavy atom. The van der Waals surface area contributed by atoms with Crippen LogP contribution in [0.1, 0.15) is 22.4 Å². The predicted octanol–water partition coefficient (Wildman–Crippen LogP) is 0.310. The van der Waals surface area contributed by atoms with Gasteiger partial charge < -0.3 is 14.2 Å². The second-order valence-electron chi connectivity index (χ2n) is 5.81. The molecule has 1 saturated heterocycles. The van der Waals surface area contributed by atoms with Crippen molar-refractivity contribution in [2.45, 2.75) is 6.10 Å². The fourth-order valence-corrected chi connectivity index (χ4v) is 2.91. The maximum Gasteiger partial charge on any atom is 0.272 e. The number of ether oxygens (including phenoxy) is 1. The number of amides is 1. The van der Waals surface area contributed by atoms with E-state index in [-0.39, 0.29) is 12.0 Å². The van der Waals surface area contributed by atoms with Crippen LogP contribution in [0, 0.1) is 0 Å². The Hall–Kier alpha value is -2.81. The van der Waals surface area contributed by atoms with Gasteiger partial charge in [-0.2, -0.15) is 0 Å². The number of pyridine rings is 1. The molecule has 1 aliphatic heterocycles. The number of tetrazole rings is 1. The number of hydrogen-bond acceptors (Lipinski definition) is 6. The Bertz CT molecular complexity index is 900. The van der Waals surface area contributed by atoms with Gasteiger partial charge in [-0.15, -0.1) is 5.10 Å². The molecule has 0 aromatic carbocycles. The zero-order valence-electron chi connectivity index (χ0n) is 13.5. The van der Waals surface area contributed by atoms with Crippen LogP contribution in [0.15, 0.2) is 24.4 Å². The van der Waals surface area contributed by atoms with Crippen molar-refractivity contribution in [3.8, 4) is 0 Å². The van der Waals surface area contributed by atoms with Gasteiger partial charge in [0.25, 0.3) is 5.91 Å². The molecular weight excluding hydrogens is 310 g/mol. The van der Waals surface area contributed by atoms with Crippen LogP contribution in [0.3, 0.4) is 0 Å². The third-order valence-corrected chi connectivity index (χ3v) is 4.23. The van der Waals surface area contributed by atoms with E-state index in [1.807, 2.05) is 29.9 Å². The van der Waals surface area contributed by atoms with Gasteiger partial charge in [0.05, 0.1) is 13.2 Å². The lowest BCUT2D eigenvalue weighted by atomic mass is 10.2. The highest BCUT2D eigenvalue weighted by molar-refractivity contribution is 5.94. The summed E-state index contributed by atoms with van der Waals surface area (Å²) in [5.74, 6) is 0.500. The number of rotatable bonds is 2. The topological polar surface area (TPSA) is 91.0 Å². The Morgan fingerprint density at radius 3 is 2.96 bits per heavy atom. The highest BCUT2D eigenvalue weighted by atomic mass is 16.5. The molecule has 0 bridgehead atoms. The summed E-state index contributed by atoms with van der Waals surface area (Å²) < 4.78 is 9.18. The first-order chi connectivity index (χ1) is 11.6. The zero-order valence-corrected chi connectivity index (χ0v) is 13.5. The van der Waals surface area contributed by atoms with E-state index in [1.54, 1.807) is 22.7 Å². The van der Waals surface area contributed by atoms with Crippen molar-refractivity contribution in [1.29, 1.82) is 0 Å². The monoisotopic (exact) mass is 327 g/mol. The van der Waals surface area contributed by atoms with E-state index in [4.69, 9.17) is 4.74 Å². The number of morpholine rings is 1. The molecule has 3 aromatic rings. The summed E-state index contributed by atoms with van der Waals surface area (Å²) >= 11 is 0. The van der Waals surface area contributed by atoms with Gasteiger partial charge in [-0.25, -0.2) is 9.67 Å². The summed E-state index contributed by atoms with van der Waals surface area (Å²) in [5, 5.41) is 12.4. The Kier molecular flexibility index (Phi) is 3.49. The maximum absolute atomic E-state index is 12.8. The quantitative estimate of drug-likeness (QED) is 0.673. The zero-order chi connectivity index (χ0) is 16.7. The summed E-state index contributed by atoms with van der Waals surface area (Å²) in [6, 6.07) is 5.65. The SMILES string of the molecule is Cn1nnnc1C1CN(C(=O)c2ccc3ccn(C)c3n2)CCO1. The Labute approximate surface area is 137 Å². The minimum absolute atomic E-state index is 0.110. The van der Waals surface area contributed by atoms with Gasteiger partial charge in [-0.1, -0.05) is 0 Å². The lowest BCUT2D eigenvalue weighted by Crippen LogP contribution is -2.43. The molecule has 4 rings (SSSR count). The summed E-state index contributed by atoms with van der Waals surface area (Å²) in [4.78, 5) is 19.1. The van der Waals surface area contributed by atoms with Crippen molar-refractivity contribution in [2.75, 3.05) is 19.7 Å². The molecule has 9 nitrogen and oxygen atoms in total. The summed E-state index contributed by atoms with van der Waals surface area (Å²) in [6.07, 6.45) is 1.60. The number of aryl methyl sites for hydroxylation is 2. The number of fused-ring (bicyclic) bond motifs is 1. The molecule has 1 unspecified atom stereocenters. The van der Waals surface area contributed by atoms with Crippen LogP contribution in [0.4, 0.5) is 0 Å². The van der Waals surface area contributed by atoms with E-state index in [9.17, 15) is 4.79 Å².